The second-order valence-corrected chi connectivity index (χ2v) is 4.71. The highest BCUT2D eigenvalue weighted by molar-refractivity contribution is 9.10. The Morgan fingerprint density at radius 1 is 1.56 bits per heavy atom. The molecule has 0 saturated carbocycles. The van der Waals surface area contributed by atoms with Crippen molar-refractivity contribution < 1.29 is 14.3 Å². The van der Waals surface area contributed by atoms with Gasteiger partial charge < -0.3 is 10.0 Å². The fourth-order valence-corrected chi connectivity index (χ4v) is 2.29. The van der Waals surface area contributed by atoms with Crippen molar-refractivity contribution in [3.63, 3.8) is 0 Å². The maximum absolute atomic E-state index is 13.1. The Labute approximate surface area is 101 Å². The summed E-state index contributed by atoms with van der Waals surface area (Å²) in [5.74, 6) is -0.508. The Kier molecular flexibility index (Phi) is 3.25. The predicted molar refractivity (Wildman–Crippen MR) is 61.6 cm³/mol. The van der Waals surface area contributed by atoms with E-state index >= 15 is 0 Å². The second-order valence-electron chi connectivity index (χ2n) is 3.85. The number of benzene rings is 1. The zero-order chi connectivity index (χ0) is 11.7. The number of amides is 1. The lowest BCUT2D eigenvalue weighted by Gasteiger charge is -2.18. The summed E-state index contributed by atoms with van der Waals surface area (Å²) in [4.78, 5) is 13.2. The zero-order valence-electron chi connectivity index (χ0n) is 8.49. The van der Waals surface area contributed by atoms with Gasteiger partial charge in [0.1, 0.15) is 5.82 Å². The Hall–Kier alpha value is -0.940. The molecule has 1 atom stereocenters. The van der Waals surface area contributed by atoms with E-state index in [0.717, 1.165) is 0 Å². The maximum Gasteiger partial charge on any atom is 0.227 e. The van der Waals surface area contributed by atoms with Crippen LogP contribution in [0.4, 0.5) is 10.1 Å². The zero-order valence-corrected chi connectivity index (χ0v) is 10.1. The van der Waals surface area contributed by atoms with E-state index in [1.165, 1.54) is 17.0 Å². The van der Waals surface area contributed by atoms with E-state index in [1.54, 1.807) is 6.07 Å². The number of aliphatic hydroxyl groups excluding tert-OH is 1. The van der Waals surface area contributed by atoms with Crippen molar-refractivity contribution in [3.05, 3.63) is 28.5 Å². The van der Waals surface area contributed by atoms with Crippen LogP contribution in [-0.4, -0.2) is 24.2 Å². The molecule has 16 heavy (non-hydrogen) atoms. The predicted octanol–water partition coefficient (Wildman–Crippen LogP) is 1.93. The first kappa shape index (κ1) is 11.5. The third-order valence-corrected chi connectivity index (χ3v) is 3.33. The number of rotatable bonds is 2. The van der Waals surface area contributed by atoms with Crippen LogP contribution in [0.15, 0.2) is 22.7 Å². The standard InChI is InChI=1S/C11H11BrFNO2/c12-9-2-1-8(13)4-10(9)14-5-7(6-15)3-11(14)16/h1-2,4,7,15H,3,5-6H2. The van der Waals surface area contributed by atoms with Gasteiger partial charge >= 0.3 is 0 Å². The SMILES string of the molecule is O=C1CC(CO)CN1c1cc(F)ccc1Br. The van der Waals surface area contributed by atoms with Crippen molar-refractivity contribution in [1.29, 1.82) is 0 Å². The van der Waals surface area contributed by atoms with Gasteiger partial charge in [0.05, 0.1) is 5.69 Å². The van der Waals surface area contributed by atoms with Gasteiger partial charge in [-0.05, 0) is 34.1 Å². The molecule has 0 bridgehead atoms. The summed E-state index contributed by atoms with van der Waals surface area (Å²) in [5.41, 5.74) is 0.529. The van der Waals surface area contributed by atoms with E-state index in [4.69, 9.17) is 5.11 Å². The fourth-order valence-electron chi connectivity index (χ4n) is 1.83. The average Bonchev–Trinajstić information content (AvgIpc) is 2.63. The lowest BCUT2D eigenvalue weighted by atomic mass is 10.1. The molecule has 1 aromatic carbocycles. The van der Waals surface area contributed by atoms with Gasteiger partial charge in [-0.15, -0.1) is 0 Å². The molecule has 0 aromatic heterocycles. The molecule has 1 aliphatic heterocycles. The molecule has 86 valence electrons. The number of hydrogen-bond acceptors (Lipinski definition) is 2. The number of halogens is 2. The van der Waals surface area contributed by atoms with E-state index in [0.29, 0.717) is 23.1 Å². The van der Waals surface area contributed by atoms with Crippen LogP contribution >= 0.6 is 15.9 Å². The summed E-state index contributed by atoms with van der Waals surface area (Å²) >= 11 is 3.29. The molecule has 1 N–H and O–H groups in total. The summed E-state index contributed by atoms with van der Waals surface area (Å²) < 4.78 is 13.8. The molecule has 1 unspecified atom stereocenters. The monoisotopic (exact) mass is 287 g/mol. The number of carbonyl (C=O) groups is 1. The van der Waals surface area contributed by atoms with Gasteiger partial charge in [0.2, 0.25) is 5.91 Å². The lowest BCUT2D eigenvalue weighted by Crippen LogP contribution is -2.25. The molecule has 0 spiro atoms. The van der Waals surface area contributed by atoms with Gasteiger partial charge in [-0.1, -0.05) is 0 Å². The van der Waals surface area contributed by atoms with Crippen LogP contribution in [0.2, 0.25) is 0 Å². The van der Waals surface area contributed by atoms with Crippen molar-refractivity contribution >= 4 is 27.5 Å². The van der Waals surface area contributed by atoms with E-state index in [2.05, 4.69) is 15.9 Å². The molecule has 1 aromatic rings. The molecule has 0 radical (unpaired) electrons. The Morgan fingerprint density at radius 2 is 2.31 bits per heavy atom. The van der Waals surface area contributed by atoms with Gasteiger partial charge in [-0.3, -0.25) is 4.79 Å². The normalized spacial score (nSPS) is 20.6. The number of carbonyl (C=O) groups excluding carboxylic acids is 1. The molecule has 1 amide bonds. The Morgan fingerprint density at radius 3 is 2.94 bits per heavy atom. The first-order chi connectivity index (χ1) is 7.61. The van der Waals surface area contributed by atoms with Crippen LogP contribution in [-0.2, 0) is 4.79 Å². The molecule has 1 aliphatic rings. The topological polar surface area (TPSA) is 40.5 Å². The molecule has 3 nitrogen and oxygen atoms in total. The highest BCUT2D eigenvalue weighted by Gasteiger charge is 2.31. The molecule has 5 heteroatoms. The van der Waals surface area contributed by atoms with Crippen LogP contribution in [0.5, 0.6) is 0 Å². The quantitative estimate of drug-likeness (QED) is 0.903. The third kappa shape index (κ3) is 2.10. The summed E-state index contributed by atoms with van der Waals surface area (Å²) in [5, 5.41) is 9.01. The van der Waals surface area contributed by atoms with E-state index in [9.17, 15) is 9.18 Å². The minimum Gasteiger partial charge on any atom is -0.396 e. The average molecular weight is 288 g/mol. The molecule has 1 fully saturated rings. The van der Waals surface area contributed by atoms with Crippen LogP contribution in [0.1, 0.15) is 6.42 Å². The maximum atomic E-state index is 13.1. The van der Waals surface area contributed by atoms with Gasteiger partial charge in [0.15, 0.2) is 0 Å². The summed E-state index contributed by atoms with van der Waals surface area (Å²) in [6.45, 7) is 0.423. The van der Waals surface area contributed by atoms with Crippen molar-refractivity contribution in [2.45, 2.75) is 6.42 Å². The first-order valence-electron chi connectivity index (χ1n) is 4.98. The highest BCUT2D eigenvalue weighted by atomic mass is 79.9. The minimum atomic E-state index is -0.376. The smallest absolute Gasteiger partial charge is 0.227 e. The molecule has 1 heterocycles. The Bertz CT molecular complexity index is 424. The van der Waals surface area contributed by atoms with Crippen molar-refractivity contribution in [3.8, 4) is 0 Å². The van der Waals surface area contributed by atoms with Gasteiger partial charge in [-0.2, -0.15) is 0 Å². The Balaban J connectivity index is 2.30. The minimum absolute atomic E-state index is 0.0187. The lowest BCUT2D eigenvalue weighted by molar-refractivity contribution is -0.117. The van der Waals surface area contributed by atoms with Crippen LogP contribution in [0.25, 0.3) is 0 Å². The van der Waals surface area contributed by atoms with Crippen molar-refractivity contribution in [1.82, 2.24) is 0 Å². The summed E-state index contributed by atoms with van der Waals surface area (Å²) in [7, 11) is 0. The van der Waals surface area contributed by atoms with Crippen molar-refractivity contribution in [2.24, 2.45) is 5.92 Å². The number of anilines is 1. The first-order valence-corrected chi connectivity index (χ1v) is 5.77. The van der Waals surface area contributed by atoms with Crippen molar-refractivity contribution in [2.75, 3.05) is 18.1 Å². The molecule has 2 rings (SSSR count). The van der Waals surface area contributed by atoms with Gasteiger partial charge in [0, 0.05) is 30.0 Å². The highest BCUT2D eigenvalue weighted by Crippen LogP contribution is 2.31. The molecule has 0 aliphatic carbocycles. The van der Waals surface area contributed by atoms with E-state index < -0.39 is 0 Å². The van der Waals surface area contributed by atoms with Crippen LogP contribution in [0.3, 0.4) is 0 Å². The van der Waals surface area contributed by atoms with E-state index in [-0.39, 0.29) is 24.2 Å². The van der Waals surface area contributed by atoms with E-state index in [1.807, 2.05) is 0 Å². The van der Waals surface area contributed by atoms with Crippen LogP contribution < -0.4 is 4.90 Å². The third-order valence-electron chi connectivity index (χ3n) is 2.66. The number of aliphatic hydroxyl groups is 1. The van der Waals surface area contributed by atoms with Gasteiger partial charge in [-0.25, -0.2) is 4.39 Å². The number of hydrogen-bond donors (Lipinski definition) is 1. The number of nitrogens with zero attached hydrogens (tertiary/aromatic N) is 1. The second kappa shape index (κ2) is 4.51. The molecular weight excluding hydrogens is 277 g/mol. The molecule has 1 saturated heterocycles. The summed E-state index contributed by atoms with van der Waals surface area (Å²) in [6.07, 6.45) is 0.319. The largest absolute Gasteiger partial charge is 0.396 e. The molecular formula is C11H11BrFNO2. The van der Waals surface area contributed by atoms with Crippen LogP contribution in [0, 0.1) is 11.7 Å². The van der Waals surface area contributed by atoms with Gasteiger partial charge in [0.25, 0.3) is 0 Å². The summed E-state index contributed by atoms with van der Waals surface area (Å²) in [6, 6.07) is 4.23. The fraction of sp³-hybridized carbons (Fsp3) is 0.364.